The van der Waals surface area contributed by atoms with Gasteiger partial charge >= 0.3 is 0 Å². The molecule has 1 fully saturated rings. The highest BCUT2D eigenvalue weighted by molar-refractivity contribution is 6.19. The fourth-order valence-electron chi connectivity index (χ4n) is 6.36. The molecule has 2 heterocycles. The Morgan fingerprint density at radius 2 is 1.67 bits per heavy atom. The molecule has 36 heavy (non-hydrogen) atoms. The minimum atomic E-state index is -0.990. The molecular formula is C28H37N3O5. The number of rotatable bonds is 10. The van der Waals surface area contributed by atoms with Gasteiger partial charge in [-0.05, 0) is 62.8 Å². The normalized spacial score (nSPS) is 23.1. The van der Waals surface area contributed by atoms with Crippen LogP contribution in [0.5, 0.6) is 0 Å². The molecule has 8 nitrogen and oxygen atoms in total. The van der Waals surface area contributed by atoms with Gasteiger partial charge in [0.15, 0.2) is 0 Å². The zero-order valence-corrected chi connectivity index (χ0v) is 21.3. The number of benzene rings is 1. The second-order valence-electron chi connectivity index (χ2n) is 10.8. The van der Waals surface area contributed by atoms with Crippen LogP contribution in [0.1, 0.15) is 64.4 Å². The Labute approximate surface area is 212 Å². The maximum absolute atomic E-state index is 13.9. The average Bonchev–Trinajstić information content (AvgIpc) is 3.32. The van der Waals surface area contributed by atoms with Gasteiger partial charge in [-0.1, -0.05) is 44.2 Å². The lowest BCUT2D eigenvalue weighted by atomic mass is 9.67. The summed E-state index contributed by atoms with van der Waals surface area (Å²) in [6.45, 7) is 5.17. The Balaban J connectivity index is 1.53. The van der Waals surface area contributed by atoms with Crippen LogP contribution in [0.15, 0.2) is 41.5 Å². The van der Waals surface area contributed by atoms with Crippen LogP contribution >= 0.6 is 0 Å². The van der Waals surface area contributed by atoms with Gasteiger partial charge in [0, 0.05) is 30.8 Å². The van der Waals surface area contributed by atoms with Gasteiger partial charge in [-0.2, -0.15) is 0 Å². The van der Waals surface area contributed by atoms with Crippen molar-refractivity contribution in [2.24, 2.45) is 17.3 Å². The van der Waals surface area contributed by atoms with Crippen LogP contribution in [0.3, 0.4) is 0 Å². The highest BCUT2D eigenvalue weighted by atomic mass is 16.5. The predicted octanol–water partition coefficient (Wildman–Crippen LogP) is 3.25. The van der Waals surface area contributed by atoms with Crippen LogP contribution in [-0.4, -0.2) is 58.3 Å². The van der Waals surface area contributed by atoms with E-state index in [-0.39, 0.29) is 36.6 Å². The maximum Gasteiger partial charge on any atom is 0.257 e. The molecule has 0 radical (unpaired) electrons. The molecule has 0 aromatic heterocycles. The fourth-order valence-corrected chi connectivity index (χ4v) is 6.36. The summed E-state index contributed by atoms with van der Waals surface area (Å²) < 4.78 is 0. The first kappa shape index (κ1) is 26.1. The third-order valence-corrected chi connectivity index (χ3v) is 8.04. The molecule has 2 unspecified atom stereocenters. The quantitative estimate of drug-likeness (QED) is 0.294. The van der Waals surface area contributed by atoms with Crippen molar-refractivity contribution >= 4 is 23.6 Å². The van der Waals surface area contributed by atoms with Gasteiger partial charge in [0.2, 0.25) is 11.8 Å². The molecule has 4 amide bonds. The highest BCUT2D eigenvalue weighted by Crippen LogP contribution is 2.46. The number of carbonyl (C=O) groups is 4. The van der Waals surface area contributed by atoms with E-state index in [4.69, 9.17) is 0 Å². The third-order valence-electron chi connectivity index (χ3n) is 8.04. The number of likely N-dealkylation sites (tertiary alicyclic amines) is 1. The predicted molar refractivity (Wildman–Crippen MR) is 133 cm³/mol. The highest BCUT2D eigenvalue weighted by Gasteiger charge is 2.54. The van der Waals surface area contributed by atoms with Crippen LogP contribution in [-0.2, 0) is 25.6 Å². The van der Waals surface area contributed by atoms with Gasteiger partial charge in [0.25, 0.3) is 11.8 Å². The molecule has 1 aromatic rings. The molecule has 0 bridgehead atoms. The molecule has 8 heteroatoms. The number of nitrogens with one attached hydrogen (secondary N) is 1. The number of hydroxylamine groups is 1. The molecule has 0 saturated carbocycles. The van der Waals surface area contributed by atoms with E-state index in [0.29, 0.717) is 49.9 Å². The zero-order valence-electron chi connectivity index (χ0n) is 21.3. The third kappa shape index (κ3) is 4.96. The Morgan fingerprint density at radius 3 is 2.25 bits per heavy atom. The minimum Gasteiger partial charge on any atom is -0.342 e. The van der Waals surface area contributed by atoms with E-state index < -0.39 is 17.2 Å². The van der Waals surface area contributed by atoms with Gasteiger partial charge in [-0.15, -0.1) is 0 Å². The molecule has 3 aliphatic rings. The van der Waals surface area contributed by atoms with Gasteiger partial charge in [-0.25, -0.2) is 5.48 Å². The van der Waals surface area contributed by atoms with Crippen LogP contribution < -0.4 is 5.48 Å². The van der Waals surface area contributed by atoms with E-state index >= 15 is 0 Å². The van der Waals surface area contributed by atoms with Crippen LogP contribution in [0.25, 0.3) is 0 Å². The van der Waals surface area contributed by atoms with E-state index in [2.05, 4.69) is 0 Å². The standard InChI is InChI=1S/C28H37N3O5/c1-19(2)18-28(14-17-30(27(28)35)15-12-20-8-4-3-5-9-20)23(24(32)29-36)13-16-31-25(33)21-10-6-7-11-22(21)26(31)34/h3-5,8-9,19,23,36H,6-7,10-18H2,1-2H3,(H,29,32). The first-order valence-electron chi connectivity index (χ1n) is 13.1. The lowest BCUT2D eigenvalue weighted by Crippen LogP contribution is -2.49. The maximum atomic E-state index is 13.9. The number of hydrogen-bond donors (Lipinski definition) is 2. The SMILES string of the molecule is CC(C)CC1(C(CCN2C(=O)C3=C(CCCC3)C2=O)C(=O)NO)CCN(CCc2ccccc2)C1=O. The van der Waals surface area contributed by atoms with Crippen molar-refractivity contribution in [3.8, 4) is 0 Å². The molecule has 2 N–H and O–H groups in total. The van der Waals surface area contributed by atoms with Crippen molar-refractivity contribution in [1.29, 1.82) is 0 Å². The number of nitrogens with zero attached hydrogens (tertiary/aromatic N) is 2. The van der Waals surface area contributed by atoms with Crippen molar-refractivity contribution < 1.29 is 24.4 Å². The van der Waals surface area contributed by atoms with Gasteiger partial charge in [0.1, 0.15) is 0 Å². The Hall–Kier alpha value is -3.00. The summed E-state index contributed by atoms with van der Waals surface area (Å²) in [5.41, 5.74) is 3.13. The zero-order chi connectivity index (χ0) is 25.9. The Bertz CT molecular complexity index is 1020. The van der Waals surface area contributed by atoms with E-state index in [1.807, 2.05) is 49.1 Å². The van der Waals surface area contributed by atoms with Gasteiger partial charge in [0.05, 0.1) is 11.3 Å². The second kappa shape index (κ2) is 10.9. The first-order chi connectivity index (χ1) is 17.3. The molecule has 194 valence electrons. The van der Waals surface area contributed by atoms with Crippen LogP contribution in [0.4, 0.5) is 0 Å². The lowest BCUT2D eigenvalue weighted by Gasteiger charge is -2.36. The summed E-state index contributed by atoms with van der Waals surface area (Å²) in [7, 11) is 0. The fraction of sp³-hybridized carbons (Fsp3) is 0.571. The summed E-state index contributed by atoms with van der Waals surface area (Å²) in [4.78, 5) is 55.8. The number of amides is 4. The summed E-state index contributed by atoms with van der Waals surface area (Å²) in [5, 5.41) is 9.60. The monoisotopic (exact) mass is 495 g/mol. The Morgan fingerprint density at radius 1 is 1.03 bits per heavy atom. The number of imide groups is 1. The molecule has 0 spiro atoms. The van der Waals surface area contributed by atoms with Crippen molar-refractivity contribution in [1.82, 2.24) is 15.3 Å². The second-order valence-corrected chi connectivity index (χ2v) is 10.8. The minimum absolute atomic E-state index is 0.0555. The van der Waals surface area contributed by atoms with Gasteiger partial charge in [-0.3, -0.25) is 29.3 Å². The van der Waals surface area contributed by atoms with Crippen LogP contribution in [0, 0.1) is 17.3 Å². The van der Waals surface area contributed by atoms with E-state index in [0.717, 1.165) is 24.8 Å². The van der Waals surface area contributed by atoms with Gasteiger partial charge < -0.3 is 4.90 Å². The van der Waals surface area contributed by atoms with Crippen LogP contribution in [0.2, 0.25) is 0 Å². The smallest absolute Gasteiger partial charge is 0.257 e. The average molecular weight is 496 g/mol. The summed E-state index contributed by atoms with van der Waals surface area (Å²) in [6, 6.07) is 9.96. The van der Waals surface area contributed by atoms with Crippen molar-refractivity contribution in [2.75, 3.05) is 19.6 Å². The van der Waals surface area contributed by atoms with E-state index in [9.17, 15) is 24.4 Å². The topological polar surface area (TPSA) is 107 Å². The molecule has 1 saturated heterocycles. The Kier molecular flexibility index (Phi) is 7.93. The van der Waals surface area contributed by atoms with E-state index in [1.165, 1.54) is 4.90 Å². The molecule has 2 aliphatic heterocycles. The summed E-state index contributed by atoms with van der Waals surface area (Å²) >= 11 is 0. The first-order valence-corrected chi connectivity index (χ1v) is 13.1. The lowest BCUT2D eigenvalue weighted by molar-refractivity contribution is -0.150. The molecule has 2 atom stereocenters. The summed E-state index contributed by atoms with van der Waals surface area (Å²) in [6.07, 6.45) is 4.85. The molecule has 1 aromatic carbocycles. The molecule has 1 aliphatic carbocycles. The largest absolute Gasteiger partial charge is 0.342 e. The molecule has 4 rings (SSSR count). The molecular weight excluding hydrogens is 458 g/mol. The number of carbonyl (C=O) groups excluding carboxylic acids is 4. The van der Waals surface area contributed by atoms with E-state index in [1.54, 1.807) is 5.48 Å². The summed E-state index contributed by atoms with van der Waals surface area (Å²) in [5.74, 6) is -1.96. The van der Waals surface area contributed by atoms with Crippen molar-refractivity contribution in [3.05, 3.63) is 47.0 Å². The number of hydrogen-bond acceptors (Lipinski definition) is 5. The van der Waals surface area contributed by atoms with Crippen molar-refractivity contribution in [3.63, 3.8) is 0 Å². The van der Waals surface area contributed by atoms with Crippen molar-refractivity contribution in [2.45, 2.75) is 65.2 Å².